The highest BCUT2D eigenvalue weighted by Crippen LogP contribution is 2.19. The third-order valence-electron chi connectivity index (χ3n) is 4.36. The summed E-state index contributed by atoms with van der Waals surface area (Å²) in [6.07, 6.45) is 7.75. The second kappa shape index (κ2) is 6.31. The summed E-state index contributed by atoms with van der Waals surface area (Å²) in [7, 11) is 0. The highest BCUT2D eigenvalue weighted by molar-refractivity contribution is 5.44. The van der Waals surface area contributed by atoms with E-state index in [0.717, 1.165) is 57.0 Å². The zero-order chi connectivity index (χ0) is 15.5. The second-order valence-corrected chi connectivity index (χ2v) is 5.83. The minimum atomic E-state index is 0.758. The molecule has 0 spiro atoms. The molecule has 0 aromatic carbocycles. The molecule has 0 radical (unpaired) electrons. The topological polar surface area (TPSA) is 74.2 Å². The molecule has 0 saturated carbocycles. The second-order valence-electron chi connectivity index (χ2n) is 5.83. The summed E-state index contributed by atoms with van der Waals surface area (Å²) in [6, 6.07) is 1.84. The van der Waals surface area contributed by atoms with Crippen molar-refractivity contribution in [3.63, 3.8) is 0 Å². The van der Waals surface area contributed by atoms with Gasteiger partial charge in [0, 0.05) is 51.7 Å². The Balaban J connectivity index is 1.43. The molecule has 2 aliphatic rings. The molecule has 2 aliphatic heterocycles. The Kier molecular flexibility index (Phi) is 3.87. The van der Waals surface area contributed by atoms with E-state index in [1.807, 2.05) is 6.07 Å². The Morgan fingerprint density at radius 1 is 0.739 bits per heavy atom. The van der Waals surface area contributed by atoms with Crippen LogP contribution in [0.4, 0.5) is 17.7 Å². The smallest absolute Gasteiger partial charge is 0.247 e. The SMILES string of the molecule is c1cnc(N2CCN(c3cnnc(N4CCCC4)n3)CC2)nc1. The van der Waals surface area contributed by atoms with Crippen LogP contribution in [0.2, 0.25) is 0 Å². The van der Waals surface area contributed by atoms with Crippen LogP contribution in [0.1, 0.15) is 12.8 Å². The summed E-state index contributed by atoms with van der Waals surface area (Å²) in [5.41, 5.74) is 0. The fourth-order valence-electron chi connectivity index (χ4n) is 3.08. The summed E-state index contributed by atoms with van der Waals surface area (Å²) in [6.45, 7) is 5.60. The fourth-order valence-corrected chi connectivity index (χ4v) is 3.08. The van der Waals surface area contributed by atoms with E-state index in [1.54, 1.807) is 18.6 Å². The Morgan fingerprint density at radius 2 is 1.39 bits per heavy atom. The number of nitrogens with zero attached hydrogens (tertiary/aromatic N) is 8. The van der Waals surface area contributed by atoms with Crippen molar-refractivity contribution >= 4 is 17.7 Å². The van der Waals surface area contributed by atoms with Crippen LogP contribution >= 0.6 is 0 Å². The van der Waals surface area contributed by atoms with E-state index in [1.165, 1.54) is 12.8 Å². The van der Waals surface area contributed by atoms with Gasteiger partial charge in [-0.2, -0.15) is 10.1 Å². The molecule has 4 heterocycles. The first-order valence-electron chi connectivity index (χ1n) is 8.12. The monoisotopic (exact) mass is 312 g/mol. The van der Waals surface area contributed by atoms with Crippen LogP contribution in [-0.4, -0.2) is 64.4 Å². The molecule has 8 heteroatoms. The standard InChI is InChI=1S/C15H20N8/c1-2-7-22(6-1)15-19-13(12-18-20-15)21-8-10-23(11-9-21)14-16-4-3-5-17-14/h3-5,12H,1-2,6-11H2. The molecular formula is C15H20N8. The molecule has 0 bridgehead atoms. The predicted octanol–water partition coefficient (Wildman–Crippen LogP) is 0.588. The van der Waals surface area contributed by atoms with Crippen molar-refractivity contribution in [2.45, 2.75) is 12.8 Å². The highest BCUT2D eigenvalue weighted by atomic mass is 15.4. The first-order chi connectivity index (χ1) is 11.4. The molecule has 2 aromatic rings. The summed E-state index contributed by atoms with van der Waals surface area (Å²) in [5.74, 6) is 2.47. The molecular weight excluding hydrogens is 292 g/mol. The average molecular weight is 312 g/mol. The Bertz CT molecular complexity index is 635. The van der Waals surface area contributed by atoms with Crippen LogP contribution in [0.15, 0.2) is 24.7 Å². The largest absolute Gasteiger partial charge is 0.352 e. The van der Waals surface area contributed by atoms with Crippen molar-refractivity contribution < 1.29 is 0 Å². The molecule has 8 nitrogen and oxygen atoms in total. The number of hydrogen-bond acceptors (Lipinski definition) is 8. The lowest BCUT2D eigenvalue weighted by atomic mass is 10.3. The van der Waals surface area contributed by atoms with E-state index in [2.05, 4.69) is 34.9 Å². The third-order valence-corrected chi connectivity index (χ3v) is 4.36. The molecule has 0 N–H and O–H groups in total. The van der Waals surface area contributed by atoms with Gasteiger partial charge in [-0.15, -0.1) is 5.10 Å². The van der Waals surface area contributed by atoms with Gasteiger partial charge in [-0.25, -0.2) is 9.97 Å². The number of aromatic nitrogens is 5. The maximum atomic E-state index is 4.70. The van der Waals surface area contributed by atoms with Crippen molar-refractivity contribution in [2.75, 3.05) is 54.0 Å². The van der Waals surface area contributed by atoms with Crippen LogP contribution in [-0.2, 0) is 0 Å². The zero-order valence-electron chi connectivity index (χ0n) is 13.0. The van der Waals surface area contributed by atoms with Crippen LogP contribution in [0.5, 0.6) is 0 Å². The van der Waals surface area contributed by atoms with Crippen molar-refractivity contribution in [3.8, 4) is 0 Å². The molecule has 0 aliphatic carbocycles. The fraction of sp³-hybridized carbons (Fsp3) is 0.533. The normalized spacial score (nSPS) is 18.5. The number of rotatable bonds is 3. The van der Waals surface area contributed by atoms with Crippen LogP contribution in [0, 0.1) is 0 Å². The predicted molar refractivity (Wildman–Crippen MR) is 87.7 cm³/mol. The van der Waals surface area contributed by atoms with Crippen molar-refractivity contribution in [3.05, 3.63) is 24.7 Å². The Labute approximate surface area is 135 Å². The average Bonchev–Trinajstić information content (AvgIpc) is 3.18. The first kappa shape index (κ1) is 14.1. The van der Waals surface area contributed by atoms with Crippen molar-refractivity contribution in [2.24, 2.45) is 0 Å². The third kappa shape index (κ3) is 3.01. The Hall–Kier alpha value is -2.51. The van der Waals surface area contributed by atoms with Gasteiger partial charge in [0.05, 0.1) is 6.20 Å². The van der Waals surface area contributed by atoms with E-state index >= 15 is 0 Å². The van der Waals surface area contributed by atoms with Gasteiger partial charge in [-0.3, -0.25) is 0 Å². The van der Waals surface area contributed by atoms with Crippen molar-refractivity contribution in [1.82, 2.24) is 25.1 Å². The van der Waals surface area contributed by atoms with E-state index in [-0.39, 0.29) is 0 Å². The van der Waals surface area contributed by atoms with Crippen molar-refractivity contribution in [1.29, 1.82) is 0 Å². The minimum Gasteiger partial charge on any atom is -0.352 e. The molecule has 2 fully saturated rings. The lowest BCUT2D eigenvalue weighted by molar-refractivity contribution is 0.631. The van der Waals surface area contributed by atoms with E-state index < -0.39 is 0 Å². The molecule has 2 saturated heterocycles. The van der Waals surface area contributed by atoms with Gasteiger partial charge in [0.25, 0.3) is 0 Å². The molecule has 0 amide bonds. The highest BCUT2D eigenvalue weighted by Gasteiger charge is 2.22. The molecule has 2 aromatic heterocycles. The maximum absolute atomic E-state index is 4.70. The van der Waals surface area contributed by atoms with E-state index in [9.17, 15) is 0 Å². The van der Waals surface area contributed by atoms with E-state index in [0.29, 0.717) is 0 Å². The maximum Gasteiger partial charge on any atom is 0.247 e. The van der Waals surface area contributed by atoms with Crippen LogP contribution < -0.4 is 14.7 Å². The lowest BCUT2D eigenvalue weighted by Gasteiger charge is -2.35. The van der Waals surface area contributed by atoms with Crippen LogP contribution in [0.3, 0.4) is 0 Å². The van der Waals surface area contributed by atoms with Gasteiger partial charge in [0.2, 0.25) is 11.9 Å². The van der Waals surface area contributed by atoms with Gasteiger partial charge in [-0.1, -0.05) is 0 Å². The Morgan fingerprint density at radius 3 is 2.13 bits per heavy atom. The first-order valence-corrected chi connectivity index (χ1v) is 8.12. The summed E-state index contributed by atoms with van der Waals surface area (Å²) in [4.78, 5) is 20.0. The van der Waals surface area contributed by atoms with Gasteiger partial charge in [0.1, 0.15) is 0 Å². The molecule has 0 unspecified atom stereocenters. The minimum absolute atomic E-state index is 0.758. The molecule has 23 heavy (non-hydrogen) atoms. The van der Waals surface area contributed by atoms with Gasteiger partial charge in [0.15, 0.2) is 5.82 Å². The van der Waals surface area contributed by atoms with Crippen LogP contribution in [0.25, 0.3) is 0 Å². The number of anilines is 3. The van der Waals surface area contributed by atoms with Gasteiger partial charge in [-0.05, 0) is 18.9 Å². The van der Waals surface area contributed by atoms with Gasteiger partial charge < -0.3 is 14.7 Å². The number of hydrogen-bond donors (Lipinski definition) is 0. The molecule has 4 rings (SSSR count). The molecule has 120 valence electrons. The molecule has 0 atom stereocenters. The van der Waals surface area contributed by atoms with E-state index in [4.69, 9.17) is 4.98 Å². The lowest BCUT2D eigenvalue weighted by Crippen LogP contribution is -2.47. The summed E-state index contributed by atoms with van der Waals surface area (Å²) >= 11 is 0. The zero-order valence-corrected chi connectivity index (χ0v) is 13.0. The summed E-state index contributed by atoms with van der Waals surface area (Å²) < 4.78 is 0. The number of piperazine rings is 1. The van der Waals surface area contributed by atoms with Gasteiger partial charge >= 0.3 is 0 Å². The quantitative estimate of drug-likeness (QED) is 0.815. The summed E-state index contributed by atoms with van der Waals surface area (Å²) in [5, 5.41) is 8.33.